The van der Waals surface area contributed by atoms with E-state index in [0.717, 1.165) is 162 Å². The van der Waals surface area contributed by atoms with Crippen LogP contribution in [0, 0.1) is 0 Å². The third-order valence-electron chi connectivity index (χ3n) is 21.6. The molecule has 3 amide bonds. The summed E-state index contributed by atoms with van der Waals surface area (Å²) in [6.07, 6.45) is -4.13. The van der Waals surface area contributed by atoms with Gasteiger partial charge >= 0.3 is 65.4 Å². The van der Waals surface area contributed by atoms with Crippen molar-refractivity contribution < 1.29 is 93.3 Å². The number of hydrogen-bond acceptors (Lipinski definition) is 31. The Labute approximate surface area is 731 Å². The second-order valence-corrected chi connectivity index (χ2v) is 30.9. The number of ether oxygens (including phenoxy) is 4. The van der Waals surface area contributed by atoms with Gasteiger partial charge in [0.25, 0.3) is 0 Å². The zero-order valence-electron chi connectivity index (χ0n) is 69.3. The third-order valence-corrected chi connectivity index (χ3v) is 21.6. The lowest BCUT2D eigenvalue weighted by Crippen LogP contribution is -2.43. The number of rotatable bonds is 16. The van der Waals surface area contributed by atoms with Crippen LogP contribution in [0.1, 0.15) is 53.1 Å². The lowest BCUT2D eigenvalue weighted by Gasteiger charge is -2.33. The first kappa shape index (κ1) is 94.9. The molecule has 2 unspecified atom stereocenters. The SMILES string of the molecule is CCNC(=O)Nc1cc(C(F)(F)F)c(-c2nc(N3CCOCC3)c3cc(CN4CCN(C)CC4)cn3n2)cn1.CN1CCN(Cc2cc3c(N4CC5CCC(C4)O5)nc(-c4cnc(N)cc4C(F)(F)F)nn3c2)CC1.CN1CCN(Cc2cc3c(N4CCOCC4)nc(-c4cnc(NC(=O)Oc5ccccc5)cc4C(F)(F)F)nn3c2)CC1.O=S=O.O=S=O.O=S=O. The summed E-state index contributed by atoms with van der Waals surface area (Å²) in [6.45, 7) is 21.2. The largest absolute Gasteiger partial charge is 0.418 e. The molecule has 0 aliphatic carbocycles. The highest BCUT2D eigenvalue weighted by molar-refractivity contribution is 7.52. The topological polar surface area (TPSA) is 394 Å². The lowest BCUT2D eigenvalue weighted by molar-refractivity contribution is -0.137. The van der Waals surface area contributed by atoms with Crippen LogP contribution in [0.5, 0.6) is 5.75 Å². The van der Waals surface area contributed by atoms with Crippen molar-refractivity contribution in [1.82, 2.24) is 93.5 Å². The first-order valence-corrected chi connectivity index (χ1v) is 42.2. The molecule has 49 heteroatoms. The van der Waals surface area contributed by atoms with Crippen LogP contribution in [0.2, 0.25) is 0 Å². The Bertz CT molecular complexity index is 5500. The van der Waals surface area contributed by atoms with Gasteiger partial charge in [0.05, 0.1) is 72.0 Å². The molecule has 9 aromatic heterocycles. The molecule has 127 heavy (non-hydrogen) atoms. The lowest BCUT2D eigenvalue weighted by atomic mass is 10.1. The molecule has 7 saturated heterocycles. The number of amides is 3. The van der Waals surface area contributed by atoms with Crippen molar-refractivity contribution in [1.29, 1.82) is 0 Å². The molecule has 0 spiro atoms. The monoisotopic (exact) mass is 1840 g/mol. The average molecular weight is 1840 g/mol. The number of alkyl halides is 9. The van der Waals surface area contributed by atoms with E-state index in [-0.39, 0.29) is 69.6 Å². The average Bonchev–Trinajstić information content (AvgIpc) is 1.70. The third kappa shape index (κ3) is 25.4. The Morgan fingerprint density at radius 2 is 0.819 bits per heavy atom. The predicted octanol–water partition coefficient (Wildman–Crippen LogP) is 7.04. The number of pyridine rings is 3. The van der Waals surface area contributed by atoms with E-state index in [9.17, 15) is 49.1 Å². The van der Waals surface area contributed by atoms with Crippen molar-refractivity contribution in [3.05, 3.63) is 137 Å². The number of fused-ring (bicyclic) bond motifs is 5. The van der Waals surface area contributed by atoms with E-state index in [0.29, 0.717) is 108 Å². The first-order chi connectivity index (χ1) is 60.9. The molecular weight excluding hydrogens is 1750 g/mol. The molecule has 2 bridgehead atoms. The summed E-state index contributed by atoms with van der Waals surface area (Å²) in [7, 11) is 6.31. The minimum Gasteiger partial charge on any atom is -0.410 e. The second-order valence-electron chi connectivity index (χ2n) is 30.5. The van der Waals surface area contributed by atoms with E-state index in [4.69, 9.17) is 54.9 Å². The van der Waals surface area contributed by atoms with Crippen LogP contribution >= 0.6 is 0 Å². The number of carbonyl (C=O) groups excluding carboxylic acids is 2. The Morgan fingerprint density at radius 3 is 1.18 bits per heavy atom. The molecule has 7 fully saturated rings. The Morgan fingerprint density at radius 1 is 0.472 bits per heavy atom. The summed E-state index contributed by atoms with van der Waals surface area (Å²) >= 11 is -2.25. The quantitative estimate of drug-likeness (QED) is 0.0704. The molecule has 0 radical (unpaired) electrons. The molecule has 10 aromatic rings. The number of para-hydroxylation sites is 1. The number of urea groups is 1. The van der Waals surface area contributed by atoms with Crippen LogP contribution in [-0.2, 0) is 87.1 Å². The number of carbonyl (C=O) groups is 2. The number of piperazine rings is 3. The minimum atomic E-state index is -4.78. The highest BCUT2D eigenvalue weighted by Gasteiger charge is 2.41. The summed E-state index contributed by atoms with van der Waals surface area (Å²) in [5, 5.41) is 20.6. The molecule has 37 nitrogen and oxygen atoms in total. The van der Waals surface area contributed by atoms with Crippen molar-refractivity contribution >= 4 is 98.3 Å². The molecular formula is C78H92F9N25O12S3. The molecule has 0 saturated carbocycles. The Kier molecular flexibility index (Phi) is 32.5. The van der Waals surface area contributed by atoms with E-state index >= 15 is 0 Å². The van der Waals surface area contributed by atoms with Gasteiger partial charge in [0, 0.05) is 181 Å². The van der Waals surface area contributed by atoms with Gasteiger partial charge in [-0.2, -0.15) is 64.8 Å². The van der Waals surface area contributed by atoms with E-state index in [1.807, 2.05) is 40.5 Å². The van der Waals surface area contributed by atoms with Crippen LogP contribution in [-0.4, -0.2) is 310 Å². The van der Waals surface area contributed by atoms with E-state index < -0.39 is 82.1 Å². The fourth-order valence-corrected chi connectivity index (χ4v) is 15.3. The minimum absolute atomic E-state index is 0.0297. The molecule has 16 heterocycles. The summed E-state index contributed by atoms with van der Waals surface area (Å²) in [6, 6.07) is 16.0. The summed E-state index contributed by atoms with van der Waals surface area (Å²) in [5.74, 6) is 0.933. The zero-order chi connectivity index (χ0) is 90.7. The number of likely N-dealkylation sites (N-methyl/N-ethyl adjacent to an activating group) is 3. The number of benzene rings is 1. The van der Waals surface area contributed by atoms with Crippen molar-refractivity contribution in [3.8, 4) is 39.9 Å². The van der Waals surface area contributed by atoms with Gasteiger partial charge in [0.15, 0.2) is 34.9 Å². The summed E-state index contributed by atoms with van der Waals surface area (Å²) in [5.41, 5.74) is 7.18. The van der Waals surface area contributed by atoms with Gasteiger partial charge in [-0.3, -0.25) is 25.3 Å². The number of nitrogens with zero attached hydrogens (tertiary/aromatic N) is 21. The van der Waals surface area contributed by atoms with Crippen LogP contribution in [0.3, 0.4) is 0 Å². The number of hydrogen-bond donors (Lipinski definition) is 4. The van der Waals surface area contributed by atoms with Crippen molar-refractivity contribution in [2.75, 3.05) is 203 Å². The summed E-state index contributed by atoms with van der Waals surface area (Å²) in [4.78, 5) is 70.3. The Hall–Kier alpha value is -11.3. The Balaban J connectivity index is 0.000000165. The number of nitrogens with two attached hydrogens (primary N) is 1. The van der Waals surface area contributed by atoms with Gasteiger partial charge in [-0.15, -0.1) is 15.3 Å². The number of morpholine rings is 3. The fourth-order valence-electron chi connectivity index (χ4n) is 15.3. The standard InChI is InChI=1S/C29H31F3N8O3.C25H32F3N9O2.C24H29F3N8O.3O2S/c1-37-7-9-38(10-8-37)18-20-15-24-27(39-11-13-42-14-12-39)35-26(36-40(24)19-20)22-17-33-25(16-23(22)29(30,31)32)34-28(41)43-21-5-3-2-4-6-21;1-3-29-24(38)31-21-13-19(25(26,27)28)18(14-30-21)22-32-23(36-8-10-39-11-9-36)20-12-17(16-37(20)33-22)15-35-6-4-34(2)5-7-35;1-32-4-6-33(7-5-32)11-15-8-20-23(34-13-16-2-3-17(14-34)36-16)30-22(31-35(20)12-15)18-10-29-21(28)9-19(18)24(25,26)27;3*1-3-2/h2-6,15-17,19H,7-14,18H2,1H3,(H,33,34,41);12-14,16H,3-11,15H2,1-2H3,(H2,29,30,31,38);8-10,12,16-17H,2-7,11,13-14H2,1H3,(H2,28,29);;;. The number of aromatic nitrogens is 12. The van der Waals surface area contributed by atoms with Gasteiger partial charge in [-0.25, -0.2) is 53.0 Å². The molecule has 7 aliphatic heterocycles. The van der Waals surface area contributed by atoms with Gasteiger partial charge < -0.3 is 59.4 Å². The second kappa shape index (κ2) is 43.5. The molecule has 17 rings (SSSR count). The first-order valence-electron chi connectivity index (χ1n) is 40.2. The van der Waals surface area contributed by atoms with Crippen LogP contribution < -0.4 is 41.1 Å². The van der Waals surface area contributed by atoms with Crippen LogP contribution in [0.4, 0.5) is 84.0 Å². The zero-order valence-corrected chi connectivity index (χ0v) is 71.7. The highest BCUT2D eigenvalue weighted by atomic mass is 32.1. The van der Waals surface area contributed by atoms with Gasteiger partial charge in [-0.05, 0) is 106 Å². The number of anilines is 6. The van der Waals surface area contributed by atoms with Gasteiger partial charge in [0.1, 0.15) is 39.8 Å². The molecule has 2 atom stereocenters. The van der Waals surface area contributed by atoms with E-state index in [2.05, 4.69) is 118 Å². The predicted molar refractivity (Wildman–Crippen MR) is 448 cm³/mol. The van der Waals surface area contributed by atoms with Crippen LogP contribution in [0.25, 0.3) is 50.7 Å². The molecule has 682 valence electrons. The smallest absolute Gasteiger partial charge is 0.410 e. The fraction of sp³-hybridized carbons (Fsp3) is 0.474. The van der Waals surface area contributed by atoms with E-state index in [1.54, 1.807) is 50.8 Å². The molecule has 5 N–H and O–H groups in total. The molecule has 1 aromatic carbocycles. The maximum absolute atomic E-state index is 14.4. The van der Waals surface area contributed by atoms with Crippen molar-refractivity contribution in [3.63, 3.8) is 0 Å². The summed E-state index contributed by atoms with van der Waals surface area (Å²) < 4.78 is 204. The van der Waals surface area contributed by atoms with Gasteiger partial charge in [-0.1, -0.05) is 18.2 Å². The van der Waals surface area contributed by atoms with Crippen LogP contribution in [0.15, 0.2) is 104 Å². The normalized spacial score (nSPS) is 18.1. The highest BCUT2D eigenvalue weighted by Crippen LogP contribution is 2.42. The van der Waals surface area contributed by atoms with Crippen molar-refractivity contribution in [2.45, 2.75) is 70.1 Å². The van der Waals surface area contributed by atoms with Gasteiger partial charge in [0.2, 0.25) is 0 Å². The maximum Gasteiger partial charge on any atom is 0.418 e. The maximum atomic E-state index is 14.4. The number of nitrogen functional groups attached to an aromatic ring is 1. The van der Waals surface area contributed by atoms with E-state index in [1.165, 1.54) is 0 Å². The number of nitrogens with one attached hydrogen (secondary N) is 3. The van der Waals surface area contributed by atoms with Crippen molar-refractivity contribution in [2.24, 2.45) is 0 Å². The molecule has 7 aliphatic rings. The number of halogens is 9.